The Labute approximate surface area is 111 Å². The van der Waals surface area contributed by atoms with Gasteiger partial charge < -0.3 is 14.0 Å². The fraction of sp³-hybridized carbons (Fsp3) is 0.385. The van der Waals surface area contributed by atoms with Crippen molar-refractivity contribution in [3.63, 3.8) is 0 Å². The first-order chi connectivity index (χ1) is 9.24. The van der Waals surface area contributed by atoms with E-state index in [0.717, 1.165) is 0 Å². The van der Waals surface area contributed by atoms with E-state index in [-0.39, 0.29) is 6.61 Å². The molecule has 2 rings (SSSR count). The van der Waals surface area contributed by atoms with Crippen molar-refractivity contribution in [1.82, 2.24) is 14.3 Å². The molecule has 0 aliphatic rings. The van der Waals surface area contributed by atoms with Crippen molar-refractivity contribution in [2.24, 2.45) is 7.05 Å². The van der Waals surface area contributed by atoms with Crippen molar-refractivity contribution in [1.29, 1.82) is 0 Å². The summed E-state index contributed by atoms with van der Waals surface area (Å²) in [6, 6.07) is 3.77. The summed E-state index contributed by atoms with van der Waals surface area (Å²) in [5.74, 6) is 0.294. The Hall–Kier alpha value is -2.08. The highest BCUT2D eigenvalue weighted by molar-refractivity contribution is 5.92. The highest BCUT2D eigenvalue weighted by Gasteiger charge is 2.18. The van der Waals surface area contributed by atoms with Crippen LogP contribution in [0.4, 0.5) is 0 Å². The van der Waals surface area contributed by atoms with Crippen LogP contribution in [0.1, 0.15) is 17.3 Å². The summed E-state index contributed by atoms with van der Waals surface area (Å²) < 4.78 is 13.7. The molecule has 0 aliphatic heterocycles. The lowest BCUT2D eigenvalue weighted by Gasteiger charge is -2.07. The van der Waals surface area contributed by atoms with Gasteiger partial charge >= 0.3 is 5.97 Å². The standard InChI is InChI=1S/C13H17N3O3/c1-3-18-8-9-19-13(17)11-10-14-15(2)12(11)16-6-4-5-7-16/h4-7,10H,3,8-9H2,1-2H3. The Morgan fingerprint density at radius 2 is 2.05 bits per heavy atom. The number of carbonyl (C=O) groups is 1. The van der Waals surface area contributed by atoms with Crippen LogP contribution in [-0.2, 0) is 16.5 Å². The van der Waals surface area contributed by atoms with Gasteiger partial charge in [-0.15, -0.1) is 0 Å². The van der Waals surface area contributed by atoms with E-state index in [0.29, 0.717) is 24.6 Å². The zero-order valence-corrected chi connectivity index (χ0v) is 11.1. The molecule has 102 valence electrons. The molecule has 0 radical (unpaired) electrons. The lowest BCUT2D eigenvalue weighted by Crippen LogP contribution is -2.13. The molecular formula is C13H17N3O3. The van der Waals surface area contributed by atoms with Crippen molar-refractivity contribution in [2.45, 2.75) is 6.92 Å². The second-order valence-electron chi connectivity index (χ2n) is 3.93. The summed E-state index contributed by atoms with van der Waals surface area (Å²) in [4.78, 5) is 12.0. The molecule has 0 bridgehead atoms. The van der Waals surface area contributed by atoms with Crippen LogP contribution in [0.3, 0.4) is 0 Å². The lowest BCUT2D eigenvalue weighted by atomic mass is 10.3. The quantitative estimate of drug-likeness (QED) is 0.584. The number of carbonyl (C=O) groups excluding carboxylic acids is 1. The highest BCUT2D eigenvalue weighted by atomic mass is 16.6. The number of aromatic nitrogens is 3. The van der Waals surface area contributed by atoms with Crippen LogP contribution >= 0.6 is 0 Å². The molecule has 6 nitrogen and oxygen atoms in total. The van der Waals surface area contributed by atoms with Crippen LogP contribution in [0.15, 0.2) is 30.7 Å². The predicted octanol–water partition coefficient (Wildman–Crippen LogP) is 1.40. The van der Waals surface area contributed by atoms with Gasteiger partial charge in [0.15, 0.2) is 0 Å². The number of hydrogen-bond acceptors (Lipinski definition) is 4. The van der Waals surface area contributed by atoms with Gasteiger partial charge in [0.2, 0.25) is 0 Å². The number of aryl methyl sites for hydroxylation is 1. The van der Waals surface area contributed by atoms with Gasteiger partial charge in [0.1, 0.15) is 18.0 Å². The molecule has 0 amide bonds. The molecular weight excluding hydrogens is 246 g/mol. The Balaban J connectivity index is 2.10. The maximum atomic E-state index is 12.0. The molecule has 0 aromatic carbocycles. The van der Waals surface area contributed by atoms with Gasteiger partial charge in [0.05, 0.1) is 12.8 Å². The zero-order valence-electron chi connectivity index (χ0n) is 11.1. The third kappa shape index (κ3) is 3.03. The average Bonchev–Trinajstić information content (AvgIpc) is 3.03. The normalized spacial score (nSPS) is 10.6. The van der Waals surface area contributed by atoms with Gasteiger partial charge in [-0.05, 0) is 19.1 Å². The summed E-state index contributed by atoms with van der Waals surface area (Å²) >= 11 is 0. The Morgan fingerprint density at radius 3 is 2.74 bits per heavy atom. The van der Waals surface area contributed by atoms with E-state index >= 15 is 0 Å². The monoisotopic (exact) mass is 263 g/mol. The van der Waals surface area contributed by atoms with Gasteiger partial charge in [-0.2, -0.15) is 5.10 Å². The Bertz CT molecular complexity index is 531. The molecule has 2 aromatic heterocycles. The van der Waals surface area contributed by atoms with Crippen LogP contribution in [0.2, 0.25) is 0 Å². The second kappa shape index (κ2) is 6.19. The van der Waals surface area contributed by atoms with Crippen LogP contribution in [-0.4, -0.2) is 40.1 Å². The van der Waals surface area contributed by atoms with Gasteiger partial charge in [0, 0.05) is 26.0 Å². The minimum atomic E-state index is -0.392. The second-order valence-corrected chi connectivity index (χ2v) is 3.93. The number of hydrogen-bond donors (Lipinski definition) is 0. The van der Waals surface area contributed by atoms with Crippen molar-refractivity contribution < 1.29 is 14.3 Å². The zero-order chi connectivity index (χ0) is 13.7. The van der Waals surface area contributed by atoms with Gasteiger partial charge in [-0.1, -0.05) is 0 Å². The van der Waals surface area contributed by atoms with E-state index in [2.05, 4.69) is 5.10 Å². The topological polar surface area (TPSA) is 58.3 Å². The molecule has 0 saturated carbocycles. The van der Waals surface area contributed by atoms with Crippen LogP contribution < -0.4 is 0 Å². The summed E-state index contributed by atoms with van der Waals surface area (Å²) in [6.45, 7) is 3.15. The summed E-state index contributed by atoms with van der Waals surface area (Å²) in [5.41, 5.74) is 0.440. The van der Waals surface area contributed by atoms with Crippen LogP contribution in [0, 0.1) is 0 Å². The number of ether oxygens (including phenoxy) is 2. The summed E-state index contributed by atoms with van der Waals surface area (Å²) in [7, 11) is 1.78. The summed E-state index contributed by atoms with van der Waals surface area (Å²) in [5, 5.41) is 4.10. The number of esters is 1. The van der Waals surface area contributed by atoms with E-state index in [4.69, 9.17) is 9.47 Å². The predicted molar refractivity (Wildman–Crippen MR) is 69.3 cm³/mol. The molecule has 2 heterocycles. The van der Waals surface area contributed by atoms with Gasteiger partial charge in [-0.3, -0.25) is 4.68 Å². The number of rotatable bonds is 6. The fourth-order valence-corrected chi connectivity index (χ4v) is 1.77. The third-order valence-corrected chi connectivity index (χ3v) is 2.64. The molecule has 2 aromatic rings. The summed E-state index contributed by atoms with van der Waals surface area (Å²) in [6.07, 6.45) is 5.22. The van der Waals surface area contributed by atoms with E-state index < -0.39 is 5.97 Å². The first-order valence-corrected chi connectivity index (χ1v) is 6.14. The fourth-order valence-electron chi connectivity index (χ4n) is 1.77. The van der Waals surface area contributed by atoms with Crippen molar-refractivity contribution in [3.05, 3.63) is 36.3 Å². The van der Waals surface area contributed by atoms with Crippen molar-refractivity contribution in [2.75, 3.05) is 19.8 Å². The van der Waals surface area contributed by atoms with Crippen LogP contribution in [0.5, 0.6) is 0 Å². The first kappa shape index (κ1) is 13.4. The van der Waals surface area contributed by atoms with Crippen molar-refractivity contribution >= 4 is 5.97 Å². The van der Waals surface area contributed by atoms with Crippen molar-refractivity contribution in [3.8, 4) is 5.82 Å². The molecule has 6 heteroatoms. The SMILES string of the molecule is CCOCCOC(=O)c1cnn(C)c1-n1cccc1. The highest BCUT2D eigenvalue weighted by Crippen LogP contribution is 2.14. The molecule has 0 atom stereocenters. The molecule has 0 spiro atoms. The smallest absolute Gasteiger partial charge is 0.343 e. The van der Waals surface area contributed by atoms with Gasteiger partial charge in [0.25, 0.3) is 0 Å². The minimum absolute atomic E-state index is 0.243. The maximum absolute atomic E-state index is 12.0. The largest absolute Gasteiger partial charge is 0.460 e. The molecule has 0 saturated heterocycles. The first-order valence-electron chi connectivity index (χ1n) is 6.14. The third-order valence-electron chi connectivity index (χ3n) is 2.64. The molecule has 0 fully saturated rings. The minimum Gasteiger partial charge on any atom is -0.460 e. The molecule has 0 unspecified atom stereocenters. The molecule has 0 N–H and O–H groups in total. The number of nitrogens with zero attached hydrogens (tertiary/aromatic N) is 3. The molecule has 19 heavy (non-hydrogen) atoms. The molecule has 0 aliphatic carbocycles. The lowest BCUT2D eigenvalue weighted by molar-refractivity contribution is 0.0335. The Kier molecular flexibility index (Phi) is 4.35. The van der Waals surface area contributed by atoms with Crippen LogP contribution in [0.25, 0.3) is 5.82 Å². The maximum Gasteiger partial charge on any atom is 0.343 e. The van der Waals surface area contributed by atoms with E-state index in [9.17, 15) is 4.79 Å². The van der Waals surface area contributed by atoms with E-state index in [1.54, 1.807) is 11.7 Å². The van der Waals surface area contributed by atoms with E-state index in [1.807, 2.05) is 36.0 Å². The van der Waals surface area contributed by atoms with Gasteiger partial charge in [-0.25, -0.2) is 4.79 Å². The average molecular weight is 263 g/mol. The Morgan fingerprint density at radius 1 is 1.32 bits per heavy atom. The van der Waals surface area contributed by atoms with E-state index in [1.165, 1.54) is 6.20 Å².